The van der Waals surface area contributed by atoms with Crippen molar-refractivity contribution in [1.29, 1.82) is 0 Å². The van der Waals surface area contributed by atoms with E-state index in [0.29, 0.717) is 0 Å². The molecular weight excluding hydrogens is 533 g/mol. The first-order valence-corrected chi connectivity index (χ1v) is 18.5. The van der Waals surface area contributed by atoms with Crippen LogP contribution < -0.4 is 10.4 Å². The van der Waals surface area contributed by atoms with Gasteiger partial charge >= 0.3 is 0 Å². The smallest absolute Gasteiger partial charge is 0.0623 e. The van der Waals surface area contributed by atoms with Gasteiger partial charge < -0.3 is 0 Å². The topological polar surface area (TPSA) is 0 Å². The van der Waals surface area contributed by atoms with E-state index >= 15 is 0 Å². The van der Waals surface area contributed by atoms with Crippen molar-refractivity contribution in [2.24, 2.45) is 0 Å². The van der Waals surface area contributed by atoms with Crippen LogP contribution >= 0.6 is 0 Å². The van der Waals surface area contributed by atoms with Gasteiger partial charge in [0, 0.05) is 0 Å². The molecule has 0 bridgehead atoms. The molecule has 0 aliphatic heterocycles. The molecule has 1 heteroatoms. The van der Waals surface area contributed by atoms with E-state index in [9.17, 15) is 0 Å². The van der Waals surface area contributed by atoms with E-state index < -0.39 is 8.07 Å². The van der Waals surface area contributed by atoms with E-state index in [4.69, 9.17) is 0 Å². The maximum absolute atomic E-state index is 2.58. The van der Waals surface area contributed by atoms with Crippen LogP contribution in [0, 0.1) is 0 Å². The molecule has 0 radical (unpaired) electrons. The van der Waals surface area contributed by atoms with Gasteiger partial charge in [-0.25, -0.2) is 0 Å². The van der Waals surface area contributed by atoms with Gasteiger partial charge in [0.05, 0.1) is 0 Å². The third-order valence-corrected chi connectivity index (χ3v) is 13.7. The molecule has 43 heavy (non-hydrogen) atoms. The lowest BCUT2D eigenvalue weighted by Crippen LogP contribution is -2.55. The van der Waals surface area contributed by atoms with E-state index in [0.717, 1.165) is 12.8 Å². The third kappa shape index (κ3) is 3.95. The van der Waals surface area contributed by atoms with Gasteiger partial charge in [-0.2, -0.15) is 0 Å². The highest BCUT2D eigenvalue weighted by Gasteiger charge is 2.36. The van der Waals surface area contributed by atoms with Crippen molar-refractivity contribution in [1.82, 2.24) is 0 Å². The molecule has 208 valence electrons. The highest BCUT2D eigenvalue weighted by Crippen LogP contribution is 2.42. The van der Waals surface area contributed by atoms with E-state index in [-0.39, 0.29) is 0 Å². The Bertz CT molecular complexity index is 2010. The Hall–Kier alpha value is -4.46. The van der Waals surface area contributed by atoms with Crippen molar-refractivity contribution in [3.05, 3.63) is 166 Å². The van der Waals surface area contributed by atoms with Crippen molar-refractivity contribution < 1.29 is 0 Å². The molecule has 0 N–H and O–H groups in total. The molecule has 6 aromatic rings. The fourth-order valence-electron chi connectivity index (χ4n) is 8.14. The lowest BCUT2D eigenvalue weighted by Gasteiger charge is -2.29. The molecule has 0 amide bonds. The minimum absolute atomic E-state index is 1.04. The van der Waals surface area contributed by atoms with Crippen molar-refractivity contribution in [3.63, 3.8) is 0 Å². The largest absolute Gasteiger partial charge is 0.113 e. The minimum atomic E-state index is -2.05. The van der Waals surface area contributed by atoms with E-state index in [2.05, 4.69) is 148 Å². The van der Waals surface area contributed by atoms with Gasteiger partial charge in [-0.05, 0) is 92.8 Å². The average molecular weight is 569 g/mol. The number of allylic oxidation sites excluding steroid dienone is 2. The second-order valence-corrected chi connectivity index (χ2v) is 17.3. The van der Waals surface area contributed by atoms with Gasteiger partial charge in [0.1, 0.15) is 8.07 Å². The Morgan fingerprint density at radius 2 is 0.791 bits per heavy atom. The number of hydrogen-bond acceptors (Lipinski definition) is 0. The van der Waals surface area contributed by atoms with Gasteiger partial charge in [0.15, 0.2) is 0 Å². The van der Waals surface area contributed by atoms with Gasteiger partial charge in [-0.15, -0.1) is 0 Å². The molecule has 0 aromatic heterocycles. The van der Waals surface area contributed by atoms with Crippen LogP contribution in [-0.4, -0.2) is 8.07 Å². The van der Waals surface area contributed by atoms with Gasteiger partial charge in [0.2, 0.25) is 0 Å². The highest BCUT2D eigenvalue weighted by molar-refractivity contribution is 7.01. The summed E-state index contributed by atoms with van der Waals surface area (Å²) >= 11 is 0. The molecule has 0 nitrogen and oxygen atoms in total. The first-order valence-electron chi connectivity index (χ1n) is 15.5. The monoisotopic (exact) mass is 568 g/mol. The first-order chi connectivity index (χ1) is 20.9. The predicted octanol–water partition coefficient (Wildman–Crippen LogP) is 9.57. The highest BCUT2D eigenvalue weighted by atomic mass is 28.3. The van der Waals surface area contributed by atoms with E-state index in [1.165, 1.54) is 66.1 Å². The van der Waals surface area contributed by atoms with Crippen LogP contribution in [0.15, 0.2) is 132 Å². The quantitative estimate of drug-likeness (QED) is 0.186. The molecule has 0 atom stereocenters. The third-order valence-electron chi connectivity index (χ3n) is 10.1. The zero-order valence-electron chi connectivity index (χ0n) is 25.5. The Labute approximate surface area is 256 Å². The summed E-state index contributed by atoms with van der Waals surface area (Å²) in [5, 5.41) is 8.48. The Kier molecular flexibility index (Phi) is 5.96. The summed E-state index contributed by atoms with van der Waals surface area (Å²) in [4.78, 5) is 0. The first kappa shape index (κ1) is 26.2. The Balaban J connectivity index is 1.25. The summed E-state index contributed by atoms with van der Waals surface area (Å²) in [6.45, 7) is 9.85. The van der Waals surface area contributed by atoms with E-state index in [1.54, 1.807) is 21.5 Å². The molecule has 0 saturated carbocycles. The minimum Gasteiger partial charge on any atom is -0.0623 e. The Morgan fingerprint density at radius 3 is 1.26 bits per heavy atom. The molecule has 2 aliphatic carbocycles. The Morgan fingerprint density at radius 1 is 0.419 bits per heavy atom. The number of rotatable bonds is 4. The summed E-state index contributed by atoms with van der Waals surface area (Å²) < 4.78 is 0. The lowest BCUT2D eigenvalue weighted by atomic mass is 9.93. The molecule has 0 unspecified atom stereocenters. The predicted molar refractivity (Wildman–Crippen MR) is 188 cm³/mol. The number of fused-ring (bicyclic) bond motifs is 4. The van der Waals surface area contributed by atoms with Crippen LogP contribution in [0.5, 0.6) is 0 Å². The average Bonchev–Trinajstić information content (AvgIpc) is 3.55. The zero-order chi connectivity index (χ0) is 29.3. The maximum atomic E-state index is 2.58. The SMILES string of the molecule is CC1=C(c2cccc3ccccc23)c2cccc([Si](C)(C)c3cccc4c3CC(C)=C4c3cccc4ccccc34)c2C1. The lowest BCUT2D eigenvalue weighted by molar-refractivity contribution is 1.20. The fraction of sp³-hybridized carbons (Fsp3) is 0.143. The van der Waals surface area contributed by atoms with Crippen LogP contribution in [0.25, 0.3) is 32.7 Å². The van der Waals surface area contributed by atoms with Crippen LogP contribution in [0.1, 0.15) is 47.2 Å². The molecule has 8 rings (SSSR count). The number of benzene rings is 6. The molecule has 0 spiro atoms. The molecule has 0 fully saturated rings. The summed E-state index contributed by atoms with van der Waals surface area (Å²) in [5.74, 6) is 0. The van der Waals surface area contributed by atoms with Crippen molar-refractivity contribution >= 4 is 51.1 Å². The summed E-state index contributed by atoms with van der Waals surface area (Å²) in [5.41, 5.74) is 14.5. The fourth-order valence-corrected chi connectivity index (χ4v) is 11.4. The zero-order valence-corrected chi connectivity index (χ0v) is 26.5. The van der Waals surface area contributed by atoms with Gasteiger partial charge in [0.25, 0.3) is 0 Å². The van der Waals surface area contributed by atoms with Crippen molar-refractivity contribution in [3.8, 4) is 0 Å². The number of hydrogen-bond donors (Lipinski definition) is 0. The van der Waals surface area contributed by atoms with Crippen LogP contribution in [-0.2, 0) is 12.8 Å². The molecule has 0 saturated heterocycles. The normalized spacial score (nSPS) is 14.6. The van der Waals surface area contributed by atoms with Crippen LogP contribution in [0.4, 0.5) is 0 Å². The standard InChI is InChI=1S/C42H36Si/c1-27-25-37-35(41(27)33-19-9-15-29-13-5-7-17-31(29)33)21-11-23-39(37)43(3,4)40-24-12-22-36-38(40)26-28(2)42(36)34-20-10-16-30-14-6-8-18-32(30)34/h5-24H,25-26H2,1-4H3. The van der Waals surface area contributed by atoms with Gasteiger partial charge in [-0.3, -0.25) is 0 Å². The maximum Gasteiger partial charge on any atom is 0.113 e. The second-order valence-electron chi connectivity index (χ2n) is 13.0. The van der Waals surface area contributed by atoms with Crippen LogP contribution in [0.3, 0.4) is 0 Å². The van der Waals surface area contributed by atoms with Crippen LogP contribution in [0.2, 0.25) is 13.1 Å². The molecule has 2 aliphatic rings. The summed E-state index contributed by atoms with van der Waals surface area (Å²) in [7, 11) is -2.05. The summed E-state index contributed by atoms with van der Waals surface area (Å²) in [6, 6.07) is 45.5. The van der Waals surface area contributed by atoms with E-state index in [1.807, 2.05) is 0 Å². The second kappa shape index (κ2) is 9.79. The molecular formula is C42H36Si. The summed E-state index contributed by atoms with van der Waals surface area (Å²) in [6.07, 6.45) is 2.07. The molecule has 6 aromatic carbocycles. The van der Waals surface area contributed by atoms with Crippen molar-refractivity contribution in [2.45, 2.75) is 39.8 Å². The van der Waals surface area contributed by atoms with Gasteiger partial charge in [-0.1, -0.05) is 156 Å². The van der Waals surface area contributed by atoms with Crippen molar-refractivity contribution in [2.75, 3.05) is 0 Å². The molecule has 0 heterocycles.